The average Bonchev–Trinajstić information content (AvgIpc) is 3.02. The van der Waals surface area contributed by atoms with Crippen molar-refractivity contribution >= 4 is 10.0 Å². The Morgan fingerprint density at radius 1 is 1.24 bits per heavy atom. The molecule has 9 heteroatoms. The summed E-state index contributed by atoms with van der Waals surface area (Å²) in [5.41, 5.74) is 1.54. The molecule has 1 aromatic heterocycles. The lowest BCUT2D eigenvalue weighted by atomic mass is 10.2. The molecule has 0 spiro atoms. The Morgan fingerprint density at radius 2 is 2.00 bits per heavy atom. The number of ether oxygens (including phenoxy) is 1. The van der Waals surface area contributed by atoms with Gasteiger partial charge in [0.2, 0.25) is 10.0 Å². The van der Waals surface area contributed by atoms with E-state index in [9.17, 15) is 8.42 Å². The Kier molecular flexibility index (Phi) is 3.70. The summed E-state index contributed by atoms with van der Waals surface area (Å²) in [6.07, 6.45) is 1.47. The topological polar surface area (TPSA) is 90.2 Å². The fourth-order valence-electron chi connectivity index (χ4n) is 2.25. The molecule has 1 aromatic carbocycles. The summed E-state index contributed by atoms with van der Waals surface area (Å²) in [4.78, 5) is 0.277. The molecular weight excluding hydrogens is 294 g/mol. The third-order valence-corrected chi connectivity index (χ3v) is 5.27. The molecule has 0 bridgehead atoms. The van der Waals surface area contributed by atoms with Crippen molar-refractivity contribution in [2.45, 2.75) is 11.8 Å². The van der Waals surface area contributed by atoms with Gasteiger partial charge in [-0.3, -0.25) is 0 Å². The summed E-state index contributed by atoms with van der Waals surface area (Å²) in [5.74, 6) is 0. The molecule has 1 aliphatic rings. The average molecular weight is 309 g/mol. The minimum atomic E-state index is -3.48. The van der Waals surface area contributed by atoms with Crippen molar-refractivity contribution in [3.05, 3.63) is 30.1 Å². The minimum absolute atomic E-state index is 0.277. The first-order chi connectivity index (χ1) is 10.1. The van der Waals surface area contributed by atoms with Crippen molar-refractivity contribution in [3.63, 3.8) is 0 Å². The third-order valence-electron chi connectivity index (χ3n) is 3.37. The molecule has 1 fully saturated rings. The molecule has 112 valence electrons. The highest BCUT2D eigenvalue weighted by Crippen LogP contribution is 2.21. The van der Waals surface area contributed by atoms with Crippen LogP contribution in [0.3, 0.4) is 0 Å². The Hall–Kier alpha value is -1.84. The van der Waals surface area contributed by atoms with Gasteiger partial charge in [0.05, 0.1) is 23.8 Å². The zero-order valence-electron chi connectivity index (χ0n) is 11.5. The molecule has 0 saturated carbocycles. The van der Waals surface area contributed by atoms with Gasteiger partial charge in [-0.25, -0.2) is 13.1 Å². The van der Waals surface area contributed by atoms with Gasteiger partial charge in [0.25, 0.3) is 0 Å². The van der Waals surface area contributed by atoms with E-state index >= 15 is 0 Å². The van der Waals surface area contributed by atoms with E-state index in [0.717, 1.165) is 11.3 Å². The number of tetrazole rings is 1. The van der Waals surface area contributed by atoms with Crippen molar-refractivity contribution in [2.75, 3.05) is 26.3 Å². The lowest BCUT2D eigenvalue weighted by molar-refractivity contribution is 0.0730. The molecular formula is C12H15N5O3S. The Morgan fingerprint density at radius 3 is 2.62 bits per heavy atom. The number of morpholine rings is 1. The number of nitrogens with zero attached hydrogens (tertiary/aromatic N) is 5. The molecule has 0 radical (unpaired) electrons. The highest BCUT2D eigenvalue weighted by molar-refractivity contribution is 7.89. The largest absolute Gasteiger partial charge is 0.379 e. The van der Waals surface area contributed by atoms with Gasteiger partial charge in [-0.15, -0.1) is 5.10 Å². The third kappa shape index (κ3) is 2.67. The zero-order valence-corrected chi connectivity index (χ0v) is 12.3. The van der Waals surface area contributed by atoms with E-state index in [1.807, 2.05) is 6.92 Å². The molecule has 21 heavy (non-hydrogen) atoms. The fraction of sp³-hybridized carbons (Fsp3) is 0.417. The highest BCUT2D eigenvalue weighted by atomic mass is 32.2. The van der Waals surface area contributed by atoms with Gasteiger partial charge in [0.15, 0.2) is 0 Å². The molecule has 0 atom stereocenters. The quantitative estimate of drug-likeness (QED) is 0.792. The van der Waals surface area contributed by atoms with Crippen molar-refractivity contribution in [1.29, 1.82) is 0 Å². The van der Waals surface area contributed by atoms with Crippen LogP contribution in [-0.2, 0) is 14.8 Å². The predicted molar refractivity (Wildman–Crippen MR) is 73.5 cm³/mol. The summed E-state index contributed by atoms with van der Waals surface area (Å²) in [6.45, 7) is 3.46. The summed E-state index contributed by atoms with van der Waals surface area (Å²) in [7, 11) is -3.48. The van der Waals surface area contributed by atoms with Crippen molar-refractivity contribution in [3.8, 4) is 5.69 Å². The van der Waals surface area contributed by atoms with Crippen LogP contribution in [0.25, 0.3) is 5.69 Å². The molecule has 8 nitrogen and oxygen atoms in total. The first kappa shape index (κ1) is 14.1. The summed E-state index contributed by atoms with van der Waals surface area (Å²) in [6, 6.07) is 4.93. The molecule has 0 aliphatic carbocycles. The lowest BCUT2D eigenvalue weighted by Crippen LogP contribution is -2.40. The second kappa shape index (κ2) is 5.51. The van der Waals surface area contributed by atoms with Crippen LogP contribution in [0.5, 0.6) is 0 Å². The first-order valence-corrected chi connectivity index (χ1v) is 7.95. The van der Waals surface area contributed by atoms with E-state index in [1.54, 1.807) is 18.2 Å². The molecule has 1 saturated heterocycles. The van der Waals surface area contributed by atoms with Gasteiger partial charge in [-0.2, -0.15) is 4.31 Å². The normalized spacial score (nSPS) is 17.0. The lowest BCUT2D eigenvalue weighted by Gasteiger charge is -2.26. The van der Waals surface area contributed by atoms with Crippen molar-refractivity contribution < 1.29 is 13.2 Å². The number of aryl methyl sites for hydroxylation is 1. The van der Waals surface area contributed by atoms with Crippen LogP contribution < -0.4 is 0 Å². The Balaban J connectivity index is 1.94. The number of hydrogen-bond acceptors (Lipinski definition) is 6. The van der Waals surface area contributed by atoms with Gasteiger partial charge < -0.3 is 4.74 Å². The van der Waals surface area contributed by atoms with Gasteiger partial charge in [-0.05, 0) is 41.1 Å². The van der Waals surface area contributed by atoms with E-state index in [-0.39, 0.29) is 4.90 Å². The van der Waals surface area contributed by atoms with Crippen molar-refractivity contribution in [2.24, 2.45) is 0 Å². The summed E-state index contributed by atoms with van der Waals surface area (Å²) < 4.78 is 33.3. The molecule has 0 unspecified atom stereocenters. The van der Waals surface area contributed by atoms with Gasteiger partial charge >= 0.3 is 0 Å². The Bertz CT molecular complexity index is 723. The van der Waals surface area contributed by atoms with E-state index in [0.29, 0.717) is 26.3 Å². The Labute approximate surface area is 122 Å². The molecule has 0 N–H and O–H groups in total. The second-order valence-corrected chi connectivity index (χ2v) is 6.66. The first-order valence-electron chi connectivity index (χ1n) is 6.51. The standard InChI is InChI=1S/C12H15N5O3S/c1-10-8-11(2-3-12(10)17-9-13-14-15-17)21(18,19)16-4-6-20-7-5-16/h2-3,8-9H,4-7H2,1H3. The maximum atomic E-state index is 12.6. The van der Waals surface area contributed by atoms with Crippen LogP contribution in [0, 0.1) is 6.92 Å². The number of aromatic nitrogens is 4. The number of benzene rings is 1. The van der Waals surface area contributed by atoms with Gasteiger partial charge in [0.1, 0.15) is 6.33 Å². The molecule has 2 aromatic rings. The smallest absolute Gasteiger partial charge is 0.243 e. The molecule has 1 aliphatic heterocycles. The summed E-state index contributed by atoms with van der Waals surface area (Å²) in [5, 5.41) is 11.0. The SMILES string of the molecule is Cc1cc(S(=O)(=O)N2CCOCC2)ccc1-n1cnnn1. The van der Waals surface area contributed by atoms with Gasteiger partial charge in [-0.1, -0.05) is 0 Å². The van der Waals surface area contributed by atoms with Crippen LogP contribution in [0.1, 0.15) is 5.56 Å². The van der Waals surface area contributed by atoms with Gasteiger partial charge in [0, 0.05) is 13.1 Å². The second-order valence-electron chi connectivity index (χ2n) is 4.72. The maximum Gasteiger partial charge on any atom is 0.243 e. The number of sulfonamides is 1. The van der Waals surface area contributed by atoms with Crippen molar-refractivity contribution in [1.82, 2.24) is 24.5 Å². The molecule has 3 rings (SSSR count). The van der Waals surface area contributed by atoms with Crippen LogP contribution in [0.4, 0.5) is 0 Å². The zero-order chi connectivity index (χ0) is 14.9. The van der Waals surface area contributed by atoms with E-state index in [2.05, 4.69) is 15.5 Å². The fourth-order valence-corrected chi connectivity index (χ4v) is 3.75. The molecule has 2 heterocycles. The van der Waals surface area contributed by atoms with Crippen LogP contribution >= 0.6 is 0 Å². The van der Waals surface area contributed by atoms with Crippen LogP contribution in [0.2, 0.25) is 0 Å². The van der Waals surface area contributed by atoms with Crippen LogP contribution in [-0.4, -0.2) is 59.2 Å². The van der Waals surface area contributed by atoms with Crippen LogP contribution in [0.15, 0.2) is 29.4 Å². The molecule has 0 amide bonds. The highest BCUT2D eigenvalue weighted by Gasteiger charge is 2.26. The van der Waals surface area contributed by atoms with E-state index < -0.39 is 10.0 Å². The maximum absolute atomic E-state index is 12.6. The summed E-state index contributed by atoms with van der Waals surface area (Å²) >= 11 is 0. The number of rotatable bonds is 3. The van der Waals surface area contributed by atoms with E-state index in [1.165, 1.54) is 15.3 Å². The predicted octanol–water partition coefficient (Wildman–Crippen LogP) is -0.00838. The minimum Gasteiger partial charge on any atom is -0.379 e. The van der Waals surface area contributed by atoms with E-state index in [4.69, 9.17) is 4.74 Å². The number of hydrogen-bond donors (Lipinski definition) is 0. The monoisotopic (exact) mass is 309 g/mol.